The Morgan fingerprint density at radius 3 is 1.56 bits per heavy atom. The van der Waals surface area contributed by atoms with Crippen LogP contribution in [0.3, 0.4) is 0 Å². The highest BCUT2D eigenvalue weighted by Gasteiger charge is 2.06. The Kier molecular flexibility index (Phi) is 4.74. The summed E-state index contributed by atoms with van der Waals surface area (Å²) in [5, 5.41) is 8.92. The van der Waals surface area contributed by atoms with E-state index in [1.165, 1.54) is 20.9 Å². The molecule has 0 saturated heterocycles. The van der Waals surface area contributed by atoms with Crippen molar-refractivity contribution in [2.24, 2.45) is 0 Å². The van der Waals surface area contributed by atoms with E-state index in [0.717, 1.165) is 16.9 Å². The number of hydrogen-bond acceptors (Lipinski definition) is 3. The second kappa shape index (κ2) is 7.49. The zero-order valence-corrected chi connectivity index (χ0v) is 15.7. The molecule has 4 rings (SSSR count). The van der Waals surface area contributed by atoms with Crippen molar-refractivity contribution >= 4 is 11.3 Å². The fourth-order valence-electron chi connectivity index (χ4n) is 2.97. The molecule has 0 N–H and O–H groups in total. The molecule has 0 unspecified atom stereocenters. The smallest absolute Gasteiger partial charge is 0.118 e. The minimum Gasteiger partial charge on any atom is -0.497 e. The van der Waals surface area contributed by atoms with Crippen LogP contribution in [0.5, 0.6) is 5.75 Å². The topological polar surface area (TPSA) is 33.0 Å². The van der Waals surface area contributed by atoms with Crippen molar-refractivity contribution in [1.29, 1.82) is 5.26 Å². The van der Waals surface area contributed by atoms with Crippen molar-refractivity contribution in [3.63, 3.8) is 0 Å². The summed E-state index contributed by atoms with van der Waals surface area (Å²) in [5.41, 5.74) is 5.35. The lowest BCUT2D eigenvalue weighted by molar-refractivity contribution is 0.415. The van der Waals surface area contributed by atoms with Crippen LogP contribution >= 0.6 is 11.3 Å². The minimum atomic E-state index is 0.681. The summed E-state index contributed by atoms with van der Waals surface area (Å²) in [5.74, 6) is 0.869. The van der Waals surface area contributed by atoms with Gasteiger partial charge in [-0.3, -0.25) is 0 Å². The van der Waals surface area contributed by atoms with Gasteiger partial charge in [0.15, 0.2) is 0 Å². The molecule has 0 aliphatic carbocycles. The first-order valence-corrected chi connectivity index (χ1v) is 9.44. The van der Waals surface area contributed by atoms with Crippen molar-refractivity contribution in [2.75, 3.05) is 7.11 Å². The van der Waals surface area contributed by atoms with Gasteiger partial charge in [0.1, 0.15) is 5.75 Å². The Labute approximate surface area is 162 Å². The molecule has 3 aromatic carbocycles. The fraction of sp³-hybridized carbons (Fsp3) is 0.0417. The molecule has 2 nitrogen and oxygen atoms in total. The molecule has 0 amide bonds. The maximum absolute atomic E-state index is 8.92. The summed E-state index contributed by atoms with van der Waals surface area (Å²) in [6.07, 6.45) is 0. The predicted molar refractivity (Wildman–Crippen MR) is 112 cm³/mol. The van der Waals surface area contributed by atoms with Gasteiger partial charge in [-0.25, -0.2) is 0 Å². The number of nitriles is 1. The Balaban J connectivity index is 1.57. The van der Waals surface area contributed by atoms with Gasteiger partial charge < -0.3 is 4.74 Å². The Bertz CT molecular complexity index is 1090. The average molecular weight is 367 g/mol. The Morgan fingerprint density at radius 1 is 0.630 bits per heavy atom. The SMILES string of the molecule is COc1ccc(-c2ccc(-c3ccc(-c4ccc(C#N)cc4)cc3)s2)cc1. The molecule has 0 aliphatic rings. The molecular formula is C24H17NOS. The lowest BCUT2D eigenvalue weighted by atomic mass is 10.0. The van der Waals surface area contributed by atoms with Crippen LogP contribution in [0.4, 0.5) is 0 Å². The third-order valence-electron chi connectivity index (χ3n) is 4.50. The second-order valence-electron chi connectivity index (χ2n) is 6.16. The van der Waals surface area contributed by atoms with E-state index in [9.17, 15) is 0 Å². The number of nitrogens with zero attached hydrogens (tertiary/aromatic N) is 1. The number of ether oxygens (including phenoxy) is 1. The van der Waals surface area contributed by atoms with Crippen LogP contribution in [0.15, 0.2) is 84.9 Å². The van der Waals surface area contributed by atoms with Gasteiger partial charge in [0.25, 0.3) is 0 Å². The lowest BCUT2D eigenvalue weighted by Gasteiger charge is -2.04. The molecule has 0 saturated carbocycles. The maximum atomic E-state index is 8.92. The standard InChI is InChI=1S/C24H17NOS/c1-26-22-12-10-21(11-13-22)24-15-14-23(27-24)20-8-6-19(7-9-20)18-4-2-17(16-25)3-5-18/h2-15H,1H3. The molecule has 130 valence electrons. The van der Waals surface area contributed by atoms with Gasteiger partial charge in [0.05, 0.1) is 18.7 Å². The Morgan fingerprint density at radius 2 is 1.07 bits per heavy atom. The lowest BCUT2D eigenvalue weighted by Crippen LogP contribution is -1.81. The molecule has 1 heterocycles. The van der Waals surface area contributed by atoms with Crippen LogP contribution in [0.25, 0.3) is 32.0 Å². The quantitative estimate of drug-likeness (QED) is 0.405. The third-order valence-corrected chi connectivity index (χ3v) is 5.68. The molecule has 0 spiro atoms. The van der Waals surface area contributed by atoms with Crippen molar-refractivity contribution in [1.82, 2.24) is 0 Å². The van der Waals surface area contributed by atoms with E-state index in [4.69, 9.17) is 10.00 Å². The molecule has 27 heavy (non-hydrogen) atoms. The van der Waals surface area contributed by atoms with E-state index >= 15 is 0 Å². The molecule has 3 heteroatoms. The van der Waals surface area contributed by atoms with Gasteiger partial charge >= 0.3 is 0 Å². The maximum Gasteiger partial charge on any atom is 0.118 e. The normalized spacial score (nSPS) is 10.4. The number of hydrogen-bond donors (Lipinski definition) is 0. The molecule has 0 fully saturated rings. The third kappa shape index (κ3) is 3.62. The van der Waals surface area contributed by atoms with Crippen LogP contribution in [-0.4, -0.2) is 7.11 Å². The molecule has 0 radical (unpaired) electrons. The summed E-state index contributed by atoms with van der Waals surface area (Å²) >= 11 is 1.78. The Hall–Kier alpha value is -3.35. The van der Waals surface area contributed by atoms with Crippen LogP contribution in [0.1, 0.15) is 5.56 Å². The van der Waals surface area contributed by atoms with Crippen molar-refractivity contribution in [3.05, 3.63) is 90.5 Å². The minimum absolute atomic E-state index is 0.681. The number of rotatable bonds is 4. The summed E-state index contributed by atoms with van der Waals surface area (Å²) in [7, 11) is 1.68. The van der Waals surface area contributed by atoms with Crippen molar-refractivity contribution in [3.8, 4) is 43.8 Å². The zero-order chi connectivity index (χ0) is 18.6. The van der Waals surface area contributed by atoms with E-state index in [-0.39, 0.29) is 0 Å². The van der Waals surface area contributed by atoms with E-state index < -0.39 is 0 Å². The van der Waals surface area contributed by atoms with Crippen molar-refractivity contribution in [2.45, 2.75) is 0 Å². The first-order valence-electron chi connectivity index (χ1n) is 8.62. The average Bonchev–Trinajstić information content (AvgIpc) is 3.24. The van der Waals surface area contributed by atoms with Crippen LogP contribution in [-0.2, 0) is 0 Å². The highest BCUT2D eigenvalue weighted by Crippen LogP contribution is 2.35. The molecule has 0 bridgehead atoms. The van der Waals surface area contributed by atoms with Gasteiger partial charge in [-0.05, 0) is 70.8 Å². The highest BCUT2D eigenvalue weighted by molar-refractivity contribution is 7.18. The van der Waals surface area contributed by atoms with Crippen LogP contribution < -0.4 is 4.74 Å². The largest absolute Gasteiger partial charge is 0.497 e. The van der Waals surface area contributed by atoms with Crippen LogP contribution in [0.2, 0.25) is 0 Å². The molecule has 1 aromatic heterocycles. The summed E-state index contributed by atoms with van der Waals surface area (Å²) in [4.78, 5) is 2.48. The molecule has 0 aliphatic heterocycles. The van der Waals surface area contributed by atoms with Gasteiger partial charge in [-0.2, -0.15) is 5.26 Å². The van der Waals surface area contributed by atoms with Gasteiger partial charge in [0.2, 0.25) is 0 Å². The summed E-state index contributed by atoms with van der Waals surface area (Å²) < 4.78 is 5.23. The first-order chi connectivity index (χ1) is 13.3. The van der Waals surface area contributed by atoms with E-state index in [0.29, 0.717) is 5.56 Å². The summed E-state index contributed by atoms with van der Waals surface area (Å²) in [6.45, 7) is 0. The first kappa shape index (κ1) is 17.1. The molecule has 4 aromatic rings. The highest BCUT2D eigenvalue weighted by atomic mass is 32.1. The van der Waals surface area contributed by atoms with Crippen LogP contribution in [0, 0.1) is 11.3 Å². The van der Waals surface area contributed by atoms with Gasteiger partial charge in [0, 0.05) is 9.75 Å². The molecule has 0 atom stereocenters. The fourth-order valence-corrected chi connectivity index (χ4v) is 3.98. The van der Waals surface area contributed by atoms with Gasteiger partial charge in [-0.1, -0.05) is 36.4 Å². The van der Waals surface area contributed by atoms with Gasteiger partial charge in [-0.15, -0.1) is 11.3 Å². The molecular weight excluding hydrogens is 350 g/mol. The van der Waals surface area contributed by atoms with E-state index in [2.05, 4.69) is 54.6 Å². The number of thiophene rings is 1. The monoisotopic (exact) mass is 367 g/mol. The van der Waals surface area contributed by atoms with Crippen molar-refractivity contribution < 1.29 is 4.74 Å². The number of methoxy groups -OCH3 is 1. The zero-order valence-electron chi connectivity index (χ0n) is 14.8. The second-order valence-corrected chi connectivity index (χ2v) is 7.24. The summed E-state index contributed by atoms with van der Waals surface area (Å²) in [6, 6.07) is 30.9. The van der Waals surface area contributed by atoms with E-state index in [1.807, 2.05) is 36.4 Å². The van der Waals surface area contributed by atoms with E-state index in [1.54, 1.807) is 18.4 Å². The number of benzene rings is 3. The predicted octanol–water partition coefficient (Wildman–Crippen LogP) is 6.63.